The summed E-state index contributed by atoms with van der Waals surface area (Å²) >= 11 is 0. The van der Waals surface area contributed by atoms with Crippen LogP contribution in [0.3, 0.4) is 0 Å². The van der Waals surface area contributed by atoms with Crippen LogP contribution >= 0.6 is 0 Å². The smallest absolute Gasteiger partial charge is 0.126 e. The molecule has 0 aliphatic carbocycles. The second-order valence-electron chi connectivity index (χ2n) is 3.99. The molecule has 1 nitrogen and oxygen atoms in total. The average Bonchev–Trinajstić information content (AvgIpc) is 2.37. The van der Waals surface area contributed by atoms with Gasteiger partial charge in [-0.1, -0.05) is 60.2 Å². The first kappa shape index (κ1) is 11.5. The largest absolute Gasteiger partial charge is 0.496 e. The van der Waals surface area contributed by atoms with E-state index >= 15 is 0 Å². The lowest BCUT2D eigenvalue weighted by Gasteiger charge is -2.06. The van der Waals surface area contributed by atoms with Gasteiger partial charge in [0, 0.05) is 5.56 Å². The first-order valence-electron chi connectivity index (χ1n) is 5.67. The van der Waals surface area contributed by atoms with Gasteiger partial charge in [0.1, 0.15) is 5.76 Å². The first-order chi connectivity index (χ1) is 8.29. The van der Waals surface area contributed by atoms with Crippen LogP contribution in [-0.4, -0.2) is 7.11 Å². The summed E-state index contributed by atoms with van der Waals surface area (Å²) in [5.41, 5.74) is 3.50. The van der Waals surface area contributed by atoms with Gasteiger partial charge < -0.3 is 4.74 Å². The van der Waals surface area contributed by atoms with Gasteiger partial charge in [0.15, 0.2) is 0 Å². The van der Waals surface area contributed by atoms with Gasteiger partial charge in [-0.15, -0.1) is 0 Å². The van der Waals surface area contributed by atoms with Gasteiger partial charge in [-0.25, -0.2) is 0 Å². The summed E-state index contributed by atoms with van der Waals surface area (Å²) in [7, 11) is 1.70. The highest BCUT2D eigenvalue weighted by Gasteiger charge is 2.00. The third-order valence-corrected chi connectivity index (χ3v) is 2.62. The summed E-state index contributed by atoms with van der Waals surface area (Å²) in [4.78, 5) is 0. The van der Waals surface area contributed by atoms with E-state index in [9.17, 15) is 0 Å². The van der Waals surface area contributed by atoms with E-state index in [-0.39, 0.29) is 0 Å². The van der Waals surface area contributed by atoms with Crippen molar-refractivity contribution in [2.75, 3.05) is 7.11 Å². The van der Waals surface area contributed by atoms with Crippen molar-refractivity contribution in [2.45, 2.75) is 6.92 Å². The molecule has 2 aromatic carbocycles. The van der Waals surface area contributed by atoms with E-state index in [1.165, 1.54) is 5.56 Å². The number of hydrogen-bond donors (Lipinski definition) is 0. The molecule has 0 bridgehead atoms. The molecule has 0 aliphatic rings. The van der Waals surface area contributed by atoms with Crippen molar-refractivity contribution in [3.05, 3.63) is 71.3 Å². The van der Waals surface area contributed by atoms with Crippen molar-refractivity contribution in [3.8, 4) is 0 Å². The molecule has 0 fully saturated rings. The number of hydrogen-bond acceptors (Lipinski definition) is 1. The Hall–Kier alpha value is -2.02. The third-order valence-electron chi connectivity index (χ3n) is 2.62. The number of aryl methyl sites for hydroxylation is 1. The fourth-order valence-corrected chi connectivity index (χ4v) is 1.77. The summed E-state index contributed by atoms with van der Waals surface area (Å²) < 4.78 is 5.44. The Morgan fingerprint density at radius 1 is 1.00 bits per heavy atom. The summed E-state index contributed by atoms with van der Waals surface area (Å²) in [6, 6.07) is 18.5. The molecule has 0 N–H and O–H groups in total. The number of benzene rings is 2. The van der Waals surface area contributed by atoms with Gasteiger partial charge in [-0.2, -0.15) is 0 Å². The molecule has 0 radical (unpaired) electrons. The maximum atomic E-state index is 5.44. The minimum Gasteiger partial charge on any atom is -0.496 e. The molecule has 2 aromatic rings. The zero-order valence-electron chi connectivity index (χ0n) is 10.2. The minimum absolute atomic E-state index is 0.885. The first-order valence-corrected chi connectivity index (χ1v) is 5.67. The van der Waals surface area contributed by atoms with Crippen molar-refractivity contribution in [1.29, 1.82) is 0 Å². The highest BCUT2D eigenvalue weighted by molar-refractivity contribution is 5.77. The highest BCUT2D eigenvalue weighted by atomic mass is 16.5. The van der Waals surface area contributed by atoms with E-state index in [0.717, 1.165) is 16.9 Å². The Labute approximate surface area is 102 Å². The van der Waals surface area contributed by atoms with Crippen LogP contribution in [0.2, 0.25) is 0 Å². The Kier molecular flexibility index (Phi) is 3.61. The van der Waals surface area contributed by atoms with Crippen LogP contribution in [-0.2, 0) is 4.74 Å². The van der Waals surface area contributed by atoms with E-state index < -0.39 is 0 Å². The number of rotatable bonds is 3. The van der Waals surface area contributed by atoms with E-state index in [4.69, 9.17) is 4.74 Å². The molecule has 0 atom stereocenters. The topological polar surface area (TPSA) is 9.23 Å². The van der Waals surface area contributed by atoms with Crippen LogP contribution in [0.1, 0.15) is 16.7 Å². The fourth-order valence-electron chi connectivity index (χ4n) is 1.77. The molecule has 2 rings (SSSR count). The Morgan fingerprint density at radius 3 is 2.41 bits per heavy atom. The van der Waals surface area contributed by atoms with Crippen molar-refractivity contribution >= 4 is 11.8 Å². The minimum atomic E-state index is 0.885. The molecule has 17 heavy (non-hydrogen) atoms. The van der Waals surface area contributed by atoms with Crippen LogP contribution in [0.5, 0.6) is 0 Å². The zero-order chi connectivity index (χ0) is 12.1. The molecule has 0 spiro atoms. The second kappa shape index (κ2) is 5.35. The Balaban J connectivity index is 2.36. The van der Waals surface area contributed by atoms with Crippen molar-refractivity contribution in [3.63, 3.8) is 0 Å². The molecule has 0 heterocycles. The standard InChI is InChI=1S/C16H16O/c1-13-7-6-8-14(11-13)12-16(17-2)15-9-4-3-5-10-15/h3-12H,1-2H3/b16-12+. The highest BCUT2D eigenvalue weighted by Crippen LogP contribution is 2.18. The normalized spacial score (nSPS) is 11.3. The van der Waals surface area contributed by atoms with E-state index in [2.05, 4.69) is 37.3 Å². The van der Waals surface area contributed by atoms with Gasteiger partial charge in [-0.05, 0) is 18.6 Å². The molecular weight excluding hydrogens is 208 g/mol. The van der Waals surface area contributed by atoms with E-state index in [1.54, 1.807) is 7.11 Å². The van der Waals surface area contributed by atoms with Gasteiger partial charge >= 0.3 is 0 Å². The third kappa shape index (κ3) is 2.97. The van der Waals surface area contributed by atoms with Crippen LogP contribution in [0.4, 0.5) is 0 Å². The van der Waals surface area contributed by atoms with Crippen LogP contribution in [0.15, 0.2) is 54.6 Å². The zero-order valence-corrected chi connectivity index (χ0v) is 10.2. The molecule has 86 valence electrons. The second-order valence-corrected chi connectivity index (χ2v) is 3.99. The molecule has 0 amide bonds. The quantitative estimate of drug-likeness (QED) is 0.562. The van der Waals surface area contributed by atoms with Crippen LogP contribution in [0.25, 0.3) is 11.8 Å². The maximum absolute atomic E-state index is 5.44. The lowest BCUT2D eigenvalue weighted by Crippen LogP contribution is -1.87. The molecule has 0 saturated heterocycles. The van der Waals surface area contributed by atoms with Crippen LogP contribution in [0, 0.1) is 6.92 Å². The van der Waals surface area contributed by atoms with Gasteiger partial charge in [0.05, 0.1) is 7.11 Å². The Bertz CT molecular complexity index is 512. The van der Waals surface area contributed by atoms with Crippen molar-refractivity contribution in [2.24, 2.45) is 0 Å². The van der Waals surface area contributed by atoms with Crippen molar-refractivity contribution < 1.29 is 4.74 Å². The number of ether oxygens (including phenoxy) is 1. The predicted octanol–water partition coefficient (Wildman–Crippen LogP) is 4.14. The predicted molar refractivity (Wildman–Crippen MR) is 72.5 cm³/mol. The average molecular weight is 224 g/mol. The summed E-state index contributed by atoms with van der Waals surface area (Å²) in [6.07, 6.45) is 2.06. The van der Waals surface area contributed by atoms with Gasteiger partial charge in [0.25, 0.3) is 0 Å². The summed E-state index contributed by atoms with van der Waals surface area (Å²) in [6.45, 7) is 2.09. The van der Waals surface area contributed by atoms with Crippen molar-refractivity contribution in [1.82, 2.24) is 0 Å². The molecule has 0 unspecified atom stereocenters. The Morgan fingerprint density at radius 2 is 1.76 bits per heavy atom. The lowest BCUT2D eigenvalue weighted by atomic mass is 10.1. The van der Waals surface area contributed by atoms with E-state index in [1.807, 2.05) is 30.3 Å². The molecule has 0 aromatic heterocycles. The summed E-state index contributed by atoms with van der Waals surface area (Å²) in [5.74, 6) is 0.885. The molecule has 1 heteroatoms. The monoisotopic (exact) mass is 224 g/mol. The lowest BCUT2D eigenvalue weighted by molar-refractivity contribution is 0.372. The van der Waals surface area contributed by atoms with Gasteiger partial charge in [-0.3, -0.25) is 0 Å². The van der Waals surface area contributed by atoms with Gasteiger partial charge in [0.2, 0.25) is 0 Å². The molecular formula is C16H16O. The fraction of sp³-hybridized carbons (Fsp3) is 0.125. The molecule has 0 saturated carbocycles. The van der Waals surface area contributed by atoms with E-state index in [0.29, 0.717) is 0 Å². The SMILES string of the molecule is CO/C(=C/c1cccc(C)c1)c1ccccc1. The summed E-state index contributed by atoms with van der Waals surface area (Å²) in [5, 5.41) is 0. The number of methoxy groups -OCH3 is 1. The van der Waals surface area contributed by atoms with Crippen LogP contribution < -0.4 is 0 Å². The maximum Gasteiger partial charge on any atom is 0.126 e. The molecule has 0 aliphatic heterocycles.